The Bertz CT molecular complexity index is 833. The number of piperazine rings is 1. The van der Waals surface area contributed by atoms with Gasteiger partial charge in [0.2, 0.25) is 17.7 Å². The number of halogens is 1. The Balaban J connectivity index is 1.99. The molecule has 1 aliphatic heterocycles. The third-order valence-electron chi connectivity index (χ3n) is 4.93. The number of esters is 1. The molecule has 1 atom stereocenters. The number of benzene rings is 1. The van der Waals surface area contributed by atoms with Gasteiger partial charge in [-0.2, -0.15) is 0 Å². The molecule has 1 aliphatic rings. The van der Waals surface area contributed by atoms with Crippen LogP contribution < -0.4 is 16.0 Å². The van der Waals surface area contributed by atoms with Crippen LogP contribution in [-0.4, -0.2) is 60.9 Å². The summed E-state index contributed by atoms with van der Waals surface area (Å²) in [5.74, 6) is -1.34. The van der Waals surface area contributed by atoms with Gasteiger partial charge in [-0.1, -0.05) is 31.9 Å². The number of unbranched alkanes of at least 4 members (excludes halogenated alkanes) is 1. The standard InChI is InChI=1S/C22H31ClN4O5/c1-3-5-11-32-21(30)13-18-22(31)24-9-10-27(18)20(29)14-25-17-12-15(7-8-16(17)23)26-19(28)6-4-2/h7-8,12,18,25H,3-6,9-11,13-14H2,1-2H3,(H,24,31)(H,26,28). The molecule has 1 saturated heterocycles. The van der Waals surface area contributed by atoms with E-state index in [0.717, 1.165) is 19.3 Å². The predicted octanol–water partition coefficient (Wildman–Crippen LogP) is 2.55. The van der Waals surface area contributed by atoms with Gasteiger partial charge in [-0.15, -0.1) is 0 Å². The average molecular weight is 467 g/mol. The molecule has 0 radical (unpaired) electrons. The molecular formula is C22H31ClN4O5. The molecule has 176 valence electrons. The second-order valence-corrected chi connectivity index (χ2v) is 7.93. The molecule has 0 aliphatic carbocycles. The van der Waals surface area contributed by atoms with Crippen LogP contribution in [0, 0.1) is 0 Å². The van der Waals surface area contributed by atoms with E-state index in [1.165, 1.54) is 4.90 Å². The van der Waals surface area contributed by atoms with Crippen molar-refractivity contribution in [3.8, 4) is 0 Å². The van der Waals surface area contributed by atoms with Crippen molar-refractivity contribution in [3.63, 3.8) is 0 Å². The first-order valence-corrected chi connectivity index (χ1v) is 11.3. The maximum Gasteiger partial charge on any atom is 0.308 e. The van der Waals surface area contributed by atoms with E-state index in [4.69, 9.17) is 16.3 Å². The van der Waals surface area contributed by atoms with Crippen molar-refractivity contribution in [2.45, 2.75) is 52.0 Å². The van der Waals surface area contributed by atoms with Crippen LogP contribution in [-0.2, 0) is 23.9 Å². The fourth-order valence-electron chi connectivity index (χ4n) is 3.22. The van der Waals surface area contributed by atoms with Gasteiger partial charge in [0, 0.05) is 25.2 Å². The van der Waals surface area contributed by atoms with Gasteiger partial charge >= 0.3 is 5.97 Å². The average Bonchev–Trinajstić information content (AvgIpc) is 2.75. The first-order chi connectivity index (χ1) is 15.3. The van der Waals surface area contributed by atoms with Gasteiger partial charge in [0.15, 0.2) is 0 Å². The Morgan fingerprint density at radius 3 is 2.75 bits per heavy atom. The molecule has 1 fully saturated rings. The van der Waals surface area contributed by atoms with E-state index in [2.05, 4.69) is 16.0 Å². The zero-order chi connectivity index (χ0) is 23.5. The maximum absolute atomic E-state index is 12.8. The van der Waals surface area contributed by atoms with Crippen LogP contribution >= 0.6 is 11.6 Å². The molecule has 1 aromatic carbocycles. The second kappa shape index (κ2) is 12.9. The van der Waals surface area contributed by atoms with Gasteiger partial charge in [-0.05, 0) is 31.0 Å². The molecule has 1 heterocycles. The number of carbonyl (C=O) groups excluding carboxylic acids is 4. The normalized spacial score (nSPS) is 15.7. The Morgan fingerprint density at radius 2 is 2.03 bits per heavy atom. The molecule has 0 bridgehead atoms. The largest absolute Gasteiger partial charge is 0.466 e. The van der Waals surface area contributed by atoms with E-state index < -0.39 is 12.0 Å². The maximum atomic E-state index is 12.8. The van der Waals surface area contributed by atoms with E-state index in [1.54, 1.807) is 18.2 Å². The summed E-state index contributed by atoms with van der Waals surface area (Å²) in [6, 6.07) is 4.04. The van der Waals surface area contributed by atoms with E-state index in [0.29, 0.717) is 42.5 Å². The van der Waals surface area contributed by atoms with E-state index in [9.17, 15) is 19.2 Å². The van der Waals surface area contributed by atoms with Gasteiger partial charge in [0.1, 0.15) is 6.04 Å². The predicted molar refractivity (Wildman–Crippen MR) is 122 cm³/mol. The molecule has 2 rings (SSSR count). The number of nitrogens with one attached hydrogen (secondary N) is 3. The summed E-state index contributed by atoms with van der Waals surface area (Å²) in [4.78, 5) is 50.4. The summed E-state index contributed by atoms with van der Waals surface area (Å²) in [6.07, 6.45) is 2.58. The van der Waals surface area contributed by atoms with Crippen LogP contribution in [0.1, 0.15) is 46.0 Å². The summed E-state index contributed by atoms with van der Waals surface area (Å²) in [7, 11) is 0. The number of anilines is 2. The molecule has 32 heavy (non-hydrogen) atoms. The third kappa shape index (κ3) is 7.71. The highest BCUT2D eigenvalue weighted by molar-refractivity contribution is 6.33. The van der Waals surface area contributed by atoms with Crippen molar-refractivity contribution >= 4 is 46.7 Å². The Morgan fingerprint density at radius 1 is 1.25 bits per heavy atom. The fraction of sp³-hybridized carbons (Fsp3) is 0.545. The Kier molecular flexibility index (Phi) is 10.3. The summed E-state index contributed by atoms with van der Waals surface area (Å²) < 4.78 is 5.14. The van der Waals surface area contributed by atoms with Crippen molar-refractivity contribution in [1.82, 2.24) is 10.2 Å². The number of rotatable bonds is 11. The van der Waals surface area contributed by atoms with Gasteiger partial charge in [-0.3, -0.25) is 19.2 Å². The number of hydrogen-bond donors (Lipinski definition) is 3. The van der Waals surface area contributed by atoms with Crippen LogP contribution in [0.5, 0.6) is 0 Å². The Labute approximate surface area is 193 Å². The highest BCUT2D eigenvalue weighted by atomic mass is 35.5. The minimum absolute atomic E-state index is 0.107. The number of hydrogen-bond acceptors (Lipinski definition) is 6. The molecule has 9 nitrogen and oxygen atoms in total. The zero-order valence-corrected chi connectivity index (χ0v) is 19.3. The lowest BCUT2D eigenvalue weighted by Gasteiger charge is -2.34. The highest BCUT2D eigenvalue weighted by Gasteiger charge is 2.35. The first-order valence-electron chi connectivity index (χ1n) is 10.9. The van der Waals surface area contributed by atoms with Crippen LogP contribution in [0.3, 0.4) is 0 Å². The SMILES string of the molecule is CCCCOC(=O)CC1C(=O)NCCN1C(=O)CNc1cc(NC(=O)CCC)ccc1Cl. The summed E-state index contributed by atoms with van der Waals surface area (Å²) in [6.45, 7) is 4.67. The van der Waals surface area contributed by atoms with Gasteiger partial charge in [-0.25, -0.2) is 0 Å². The van der Waals surface area contributed by atoms with Gasteiger partial charge < -0.3 is 25.6 Å². The summed E-state index contributed by atoms with van der Waals surface area (Å²) >= 11 is 6.22. The van der Waals surface area contributed by atoms with Crippen LogP contribution in [0.15, 0.2) is 18.2 Å². The quantitative estimate of drug-likeness (QED) is 0.341. The smallest absolute Gasteiger partial charge is 0.308 e. The summed E-state index contributed by atoms with van der Waals surface area (Å²) in [5, 5.41) is 8.82. The molecule has 3 N–H and O–H groups in total. The van der Waals surface area contributed by atoms with Crippen molar-refractivity contribution in [2.75, 3.05) is 36.9 Å². The summed E-state index contributed by atoms with van der Waals surface area (Å²) in [5.41, 5.74) is 1.04. The molecule has 0 aromatic heterocycles. The van der Waals surface area contributed by atoms with Crippen molar-refractivity contribution in [3.05, 3.63) is 23.2 Å². The van der Waals surface area contributed by atoms with E-state index in [1.807, 2.05) is 13.8 Å². The van der Waals surface area contributed by atoms with Crippen molar-refractivity contribution in [1.29, 1.82) is 0 Å². The lowest BCUT2D eigenvalue weighted by molar-refractivity contribution is -0.151. The molecule has 10 heteroatoms. The molecule has 1 aromatic rings. The lowest BCUT2D eigenvalue weighted by atomic mass is 10.1. The topological polar surface area (TPSA) is 117 Å². The van der Waals surface area contributed by atoms with Crippen LogP contribution in [0.4, 0.5) is 11.4 Å². The van der Waals surface area contributed by atoms with Crippen LogP contribution in [0.2, 0.25) is 5.02 Å². The Hall–Kier alpha value is -2.81. The van der Waals surface area contributed by atoms with Crippen molar-refractivity contribution in [2.24, 2.45) is 0 Å². The number of amides is 3. The van der Waals surface area contributed by atoms with Crippen LogP contribution in [0.25, 0.3) is 0 Å². The van der Waals surface area contributed by atoms with Crippen molar-refractivity contribution < 1.29 is 23.9 Å². The lowest BCUT2D eigenvalue weighted by Crippen LogP contribution is -2.58. The molecule has 3 amide bonds. The first kappa shape index (κ1) is 25.5. The second-order valence-electron chi connectivity index (χ2n) is 7.52. The van der Waals surface area contributed by atoms with E-state index in [-0.39, 0.29) is 30.7 Å². The fourth-order valence-corrected chi connectivity index (χ4v) is 3.41. The number of carbonyl (C=O) groups is 4. The minimum atomic E-state index is -0.915. The van der Waals surface area contributed by atoms with Gasteiger partial charge in [0.05, 0.1) is 30.3 Å². The zero-order valence-electron chi connectivity index (χ0n) is 18.5. The molecular weight excluding hydrogens is 436 g/mol. The molecule has 0 saturated carbocycles. The number of nitrogens with zero attached hydrogens (tertiary/aromatic N) is 1. The number of ether oxygens (including phenoxy) is 1. The van der Waals surface area contributed by atoms with E-state index >= 15 is 0 Å². The molecule has 0 spiro atoms. The highest BCUT2D eigenvalue weighted by Crippen LogP contribution is 2.26. The third-order valence-corrected chi connectivity index (χ3v) is 5.26. The molecule has 1 unspecified atom stereocenters. The monoisotopic (exact) mass is 466 g/mol. The van der Waals surface area contributed by atoms with Gasteiger partial charge in [0.25, 0.3) is 0 Å². The minimum Gasteiger partial charge on any atom is -0.466 e.